The highest BCUT2D eigenvalue weighted by Gasteiger charge is 2.25. The highest BCUT2D eigenvalue weighted by atomic mass is 16.6. The minimum atomic E-state index is -0.831. The highest BCUT2D eigenvalue weighted by Crippen LogP contribution is 2.25. The lowest BCUT2D eigenvalue weighted by Crippen LogP contribution is -2.41. The average Bonchev–Trinajstić information content (AvgIpc) is 2.78. The number of rotatable bonds is 7. The molecule has 2 aromatic carbocycles. The smallest absolute Gasteiger partial charge is 0.342 e. The van der Waals surface area contributed by atoms with Gasteiger partial charge in [0.05, 0.1) is 12.0 Å². The molecule has 2 aromatic rings. The molecule has 0 aromatic heterocycles. The molecule has 0 spiro atoms. The molecule has 1 amide bonds. The number of hydrogen-bond acceptors (Lipinski definition) is 6. The van der Waals surface area contributed by atoms with Crippen LogP contribution in [-0.2, 0) is 16.0 Å². The molecule has 0 aliphatic carbocycles. The van der Waals surface area contributed by atoms with Crippen molar-refractivity contribution in [3.63, 3.8) is 0 Å². The van der Waals surface area contributed by atoms with Gasteiger partial charge in [0.15, 0.2) is 6.61 Å². The Morgan fingerprint density at radius 3 is 2.47 bits per heavy atom. The van der Waals surface area contributed by atoms with Crippen molar-refractivity contribution in [3.8, 4) is 5.75 Å². The maximum Gasteiger partial charge on any atom is 0.342 e. The third kappa shape index (κ3) is 5.34. The van der Waals surface area contributed by atoms with Gasteiger partial charge < -0.3 is 14.4 Å². The minimum Gasteiger partial charge on any atom is -0.496 e. The fraction of sp³-hybridized carbons (Fsp3) is 0.364. The van der Waals surface area contributed by atoms with Crippen LogP contribution in [0.4, 0.5) is 5.69 Å². The lowest BCUT2D eigenvalue weighted by molar-refractivity contribution is -0.384. The molecule has 0 radical (unpaired) electrons. The van der Waals surface area contributed by atoms with Gasteiger partial charge in [0.25, 0.3) is 11.6 Å². The van der Waals surface area contributed by atoms with E-state index >= 15 is 0 Å². The normalized spacial score (nSPS) is 14.2. The summed E-state index contributed by atoms with van der Waals surface area (Å²) in [5, 5.41) is 10.9. The summed E-state index contributed by atoms with van der Waals surface area (Å²) in [6.07, 6.45) is 2.78. The number of piperidine rings is 1. The summed E-state index contributed by atoms with van der Waals surface area (Å²) in [5.41, 5.74) is 0.956. The van der Waals surface area contributed by atoms with Gasteiger partial charge in [-0.05, 0) is 36.8 Å². The Kier molecular flexibility index (Phi) is 7.00. The van der Waals surface area contributed by atoms with Crippen LogP contribution in [0.1, 0.15) is 28.8 Å². The Hall–Kier alpha value is -3.42. The van der Waals surface area contributed by atoms with E-state index in [1.54, 1.807) is 4.90 Å². The van der Waals surface area contributed by atoms with Crippen LogP contribution in [0.2, 0.25) is 0 Å². The predicted molar refractivity (Wildman–Crippen MR) is 109 cm³/mol. The number of non-ortho nitro benzene ring substituents is 1. The van der Waals surface area contributed by atoms with Gasteiger partial charge in [-0.2, -0.15) is 0 Å². The zero-order chi connectivity index (χ0) is 21.5. The van der Waals surface area contributed by atoms with E-state index in [9.17, 15) is 19.7 Å². The van der Waals surface area contributed by atoms with Gasteiger partial charge in [0, 0.05) is 25.2 Å². The number of methoxy groups -OCH3 is 1. The summed E-state index contributed by atoms with van der Waals surface area (Å²) < 4.78 is 10.2. The quantitative estimate of drug-likeness (QED) is 0.393. The largest absolute Gasteiger partial charge is 0.496 e. The first-order valence-electron chi connectivity index (χ1n) is 9.79. The number of amides is 1. The molecule has 0 N–H and O–H groups in total. The summed E-state index contributed by atoms with van der Waals surface area (Å²) in [6.45, 7) is 0.829. The Morgan fingerprint density at radius 2 is 1.83 bits per heavy atom. The Balaban J connectivity index is 1.51. The van der Waals surface area contributed by atoms with Gasteiger partial charge >= 0.3 is 5.97 Å². The zero-order valence-corrected chi connectivity index (χ0v) is 16.8. The molecular weight excluding hydrogens is 388 g/mol. The predicted octanol–water partition coefficient (Wildman–Crippen LogP) is 3.24. The van der Waals surface area contributed by atoms with E-state index in [0.29, 0.717) is 19.0 Å². The second kappa shape index (κ2) is 9.87. The number of likely N-dealkylation sites (tertiary alicyclic amines) is 1. The summed E-state index contributed by atoms with van der Waals surface area (Å²) in [5.74, 6) is -0.429. The molecule has 158 valence electrons. The van der Waals surface area contributed by atoms with Gasteiger partial charge in [-0.25, -0.2) is 4.79 Å². The Labute approximate surface area is 174 Å². The maximum atomic E-state index is 12.4. The van der Waals surface area contributed by atoms with E-state index < -0.39 is 17.5 Å². The van der Waals surface area contributed by atoms with Crippen molar-refractivity contribution in [2.75, 3.05) is 26.8 Å². The first-order chi connectivity index (χ1) is 14.5. The molecule has 3 rings (SSSR count). The molecule has 1 fully saturated rings. The van der Waals surface area contributed by atoms with Crippen LogP contribution >= 0.6 is 0 Å². The van der Waals surface area contributed by atoms with Crippen molar-refractivity contribution in [1.82, 2.24) is 4.90 Å². The zero-order valence-electron chi connectivity index (χ0n) is 16.8. The number of nitro benzene ring substituents is 1. The molecular formula is C22H24N2O6. The van der Waals surface area contributed by atoms with Gasteiger partial charge in [-0.15, -0.1) is 0 Å². The molecule has 8 nitrogen and oxygen atoms in total. The third-order valence-corrected chi connectivity index (χ3v) is 5.27. The number of esters is 1. The molecule has 1 aliphatic rings. The molecule has 1 saturated heterocycles. The fourth-order valence-corrected chi connectivity index (χ4v) is 3.60. The third-order valence-electron chi connectivity index (χ3n) is 5.27. The van der Waals surface area contributed by atoms with E-state index in [1.807, 2.05) is 18.2 Å². The first-order valence-corrected chi connectivity index (χ1v) is 9.79. The van der Waals surface area contributed by atoms with Gasteiger partial charge in [-0.1, -0.05) is 30.3 Å². The van der Waals surface area contributed by atoms with Crippen molar-refractivity contribution in [1.29, 1.82) is 0 Å². The number of ether oxygens (including phenoxy) is 2. The van der Waals surface area contributed by atoms with E-state index in [0.717, 1.165) is 25.3 Å². The molecule has 1 aliphatic heterocycles. The lowest BCUT2D eigenvalue weighted by atomic mass is 9.90. The van der Waals surface area contributed by atoms with Crippen molar-refractivity contribution < 1.29 is 24.0 Å². The van der Waals surface area contributed by atoms with Crippen LogP contribution in [0.5, 0.6) is 5.75 Å². The monoisotopic (exact) mass is 412 g/mol. The summed E-state index contributed by atoms with van der Waals surface area (Å²) in [4.78, 5) is 36.8. The van der Waals surface area contributed by atoms with Crippen molar-refractivity contribution in [2.45, 2.75) is 19.3 Å². The van der Waals surface area contributed by atoms with Crippen molar-refractivity contribution in [2.24, 2.45) is 5.92 Å². The van der Waals surface area contributed by atoms with Crippen LogP contribution in [0.3, 0.4) is 0 Å². The van der Waals surface area contributed by atoms with Crippen LogP contribution in [-0.4, -0.2) is 48.5 Å². The molecule has 0 saturated carbocycles. The second-order valence-electron chi connectivity index (χ2n) is 7.23. The molecule has 30 heavy (non-hydrogen) atoms. The number of benzene rings is 2. The van der Waals surface area contributed by atoms with Gasteiger partial charge in [0.2, 0.25) is 0 Å². The summed E-state index contributed by atoms with van der Waals surface area (Å²) in [7, 11) is 1.35. The molecule has 8 heteroatoms. The van der Waals surface area contributed by atoms with E-state index in [1.165, 1.54) is 24.8 Å². The maximum absolute atomic E-state index is 12.4. The molecule has 0 atom stereocenters. The van der Waals surface area contributed by atoms with Crippen LogP contribution in [0.15, 0.2) is 48.5 Å². The highest BCUT2D eigenvalue weighted by molar-refractivity contribution is 5.94. The molecule has 0 bridgehead atoms. The average molecular weight is 412 g/mol. The fourth-order valence-electron chi connectivity index (χ4n) is 3.60. The topological polar surface area (TPSA) is 99.0 Å². The number of nitrogens with zero attached hydrogens (tertiary/aromatic N) is 2. The number of hydrogen-bond donors (Lipinski definition) is 0. The SMILES string of the molecule is COc1ccc([N+](=O)[O-])cc1C(=O)OCC(=O)N1CCC(Cc2ccccc2)CC1. The van der Waals surface area contributed by atoms with E-state index in [-0.39, 0.29) is 22.9 Å². The summed E-state index contributed by atoms with van der Waals surface area (Å²) in [6, 6.07) is 13.9. The Bertz CT molecular complexity index is 907. The van der Waals surface area contributed by atoms with E-state index in [4.69, 9.17) is 9.47 Å². The lowest BCUT2D eigenvalue weighted by Gasteiger charge is -2.32. The number of carbonyl (C=O) groups excluding carboxylic acids is 2. The van der Waals surface area contributed by atoms with E-state index in [2.05, 4.69) is 12.1 Å². The Morgan fingerprint density at radius 1 is 1.13 bits per heavy atom. The molecule has 1 heterocycles. The number of carbonyl (C=O) groups is 2. The van der Waals surface area contributed by atoms with Crippen LogP contribution in [0, 0.1) is 16.0 Å². The van der Waals surface area contributed by atoms with Crippen molar-refractivity contribution in [3.05, 3.63) is 69.8 Å². The minimum absolute atomic E-state index is 0.0823. The standard InChI is InChI=1S/C22H24N2O6/c1-29-20-8-7-18(24(27)28)14-19(20)22(26)30-15-21(25)23-11-9-17(10-12-23)13-16-5-3-2-4-6-16/h2-8,14,17H,9-13,15H2,1H3. The first kappa shape index (κ1) is 21.3. The van der Waals surface area contributed by atoms with Crippen LogP contribution < -0.4 is 4.74 Å². The van der Waals surface area contributed by atoms with Crippen molar-refractivity contribution >= 4 is 17.6 Å². The molecule has 0 unspecified atom stereocenters. The van der Waals surface area contributed by atoms with Gasteiger partial charge in [0.1, 0.15) is 11.3 Å². The van der Waals surface area contributed by atoms with Gasteiger partial charge in [-0.3, -0.25) is 14.9 Å². The number of nitro groups is 1. The summed E-state index contributed by atoms with van der Waals surface area (Å²) >= 11 is 0. The second-order valence-corrected chi connectivity index (χ2v) is 7.23. The van der Waals surface area contributed by atoms with Crippen LogP contribution in [0.25, 0.3) is 0 Å².